The first-order valence-electron chi connectivity index (χ1n) is 3.92. The highest BCUT2D eigenvalue weighted by Crippen LogP contribution is 2.16. The van der Waals surface area contributed by atoms with E-state index in [1.165, 1.54) is 0 Å². The van der Waals surface area contributed by atoms with Crippen LogP contribution in [0.5, 0.6) is 0 Å². The van der Waals surface area contributed by atoms with Gasteiger partial charge in [-0.2, -0.15) is 0 Å². The van der Waals surface area contributed by atoms with Crippen LogP contribution in [-0.2, 0) is 4.79 Å². The zero-order chi connectivity index (χ0) is 10.7. The molecule has 3 N–H and O–H groups in total. The number of hydrogen-bond acceptors (Lipinski definition) is 2. The lowest BCUT2D eigenvalue weighted by Gasteiger charge is -2.09. The van der Waals surface area contributed by atoms with Crippen molar-refractivity contribution in [2.24, 2.45) is 5.73 Å². The topological polar surface area (TPSA) is 63.3 Å². The maximum absolute atomic E-state index is 12.7. The smallest absolute Gasteiger partial charge is 0.305 e. The highest BCUT2D eigenvalue weighted by atomic mass is 35.5. The van der Waals surface area contributed by atoms with Gasteiger partial charge in [0.05, 0.1) is 6.42 Å². The minimum Gasteiger partial charge on any atom is -0.481 e. The fourth-order valence-corrected chi connectivity index (χ4v) is 1.10. The summed E-state index contributed by atoms with van der Waals surface area (Å²) >= 11 is 0. The van der Waals surface area contributed by atoms with Crippen LogP contribution in [0.15, 0.2) is 18.2 Å². The molecule has 0 spiro atoms. The zero-order valence-corrected chi connectivity index (χ0v) is 8.43. The summed E-state index contributed by atoms with van der Waals surface area (Å²) in [4.78, 5) is 10.3. The van der Waals surface area contributed by atoms with E-state index >= 15 is 0 Å². The van der Waals surface area contributed by atoms with Gasteiger partial charge in [0.1, 0.15) is 11.6 Å². The number of nitrogens with two attached hydrogens (primary N) is 1. The summed E-state index contributed by atoms with van der Waals surface area (Å²) in [6.45, 7) is 0. The van der Waals surface area contributed by atoms with Crippen molar-refractivity contribution in [1.29, 1.82) is 0 Å². The Bertz CT molecular complexity index is 340. The maximum Gasteiger partial charge on any atom is 0.305 e. The Morgan fingerprint density at radius 1 is 1.33 bits per heavy atom. The van der Waals surface area contributed by atoms with Crippen LogP contribution < -0.4 is 5.73 Å². The summed E-state index contributed by atoms with van der Waals surface area (Å²) in [5.74, 6) is -2.64. The maximum atomic E-state index is 12.7. The zero-order valence-electron chi connectivity index (χ0n) is 7.61. The van der Waals surface area contributed by atoms with Gasteiger partial charge < -0.3 is 10.8 Å². The first-order valence-corrected chi connectivity index (χ1v) is 3.92. The van der Waals surface area contributed by atoms with Crippen LogP contribution in [0.25, 0.3) is 0 Å². The van der Waals surface area contributed by atoms with Gasteiger partial charge in [-0.15, -0.1) is 12.4 Å². The molecule has 1 aromatic carbocycles. The quantitative estimate of drug-likeness (QED) is 0.844. The van der Waals surface area contributed by atoms with Crippen molar-refractivity contribution in [3.8, 4) is 0 Å². The van der Waals surface area contributed by atoms with Gasteiger partial charge in [-0.3, -0.25) is 4.79 Å². The normalized spacial score (nSPS) is 11.7. The van der Waals surface area contributed by atoms with E-state index in [9.17, 15) is 13.6 Å². The Labute approximate surface area is 91.3 Å². The van der Waals surface area contributed by atoms with Crippen molar-refractivity contribution in [2.45, 2.75) is 12.5 Å². The molecule has 0 heterocycles. The number of rotatable bonds is 3. The standard InChI is InChI=1S/C9H9F2NO2.ClH/c10-6-1-5(2-7(11)3-6)8(12)4-9(13)14;/h1-3,8H,4,12H2,(H,13,14);1H. The molecule has 3 nitrogen and oxygen atoms in total. The van der Waals surface area contributed by atoms with Crippen LogP contribution in [0.2, 0.25) is 0 Å². The number of carbonyl (C=O) groups is 1. The number of carboxylic acids is 1. The number of carboxylic acid groups (broad SMARTS) is 1. The van der Waals surface area contributed by atoms with Crippen LogP contribution in [0.3, 0.4) is 0 Å². The van der Waals surface area contributed by atoms with Crippen LogP contribution >= 0.6 is 12.4 Å². The van der Waals surface area contributed by atoms with E-state index in [-0.39, 0.29) is 24.4 Å². The monoisotopic (exact) mass is 237 g/mol. The molecule has 0 saturated heterocycles. The molecular formula is C9H10ClF2NO2. The summed E-state index contributed by atoms with van der Waals surface area (Å²) in [7, 11) is 0. The lowest BCUT2D eigenvalue weighted by atomic mass is 10.0. The fourth-order valence-electron chi connectivity index (χ4n) is 1.10. The lowest BCUT2D eigenvalue weighted by molar-refractivity contribution is -0.137. The lowest BCUT2D eigenvalue weighted by Crippen LogP contribution is -2.15. The molecule has 15 heavy (non-hydrogen) atoms. The molecule has 1 atom stereocenters. The van der Waals surface area contributed by atoms with Gasteiger partial charge in [0.15, 0.2) is 0 Å². The minimum atomic E-state index is -1.11. The van der Waals surface area contributed by atoms with Crippen LogP contribution in [0, 0.1) is 11.6 Å². The SMILES string of the molecule is Cl.NC(CC(=O)O)c1cc(F)cc(F)c1. The minimum absolute atomic E-state index is 0. The third kappa shape index (κ3) is 4.22. The number of halogens is 3. The van der Waals surface area contributed by atoms with Crippen molar-refractivity contribution < 1.29 is 18.7 Å². The highest BCUT2D eigenvalue weighted by molar-refractivity contribution is 5.85. The molecule has 1 aromatic rings. The Kier molecular flexibility index (Phi) is 5.18. The Hall–Kier alpha value is -1.20. The van der Waals surface area contributed by atoms with E-state index in [1.54, 1.807) is 0 Å². The molecule has 0 amide bonds. The Balaban J connectivity index is 0.00000196. The Morgan fingerprint density at radius 3 is 2.20 bits per heavy atom. The van der Waals surface area contributed by atoms with Crippen LogP contribution in [-0.4, -0.2) is 11.1 Å². The van der Waals surface area contributed by atoms with Gasteiger partial charge in [0.2, 0.25) is 0 Å². The second-order valence-corrected chi connectivity index (χ2v) is 2.91. The first-order chi connectivity index (χ1) is 6.49. The molecule has 0 aliphatic carbocycles. The van der Waals surface area contributed by atoms with Gasteiger partial charge in [-0.25, -0.2) is 8.78 Å². The average Bonchev–Trinajstić information content (AvgIpc) is 2.00. The van der Waals surface area contributed by atoms with Gasteiger partial charge in [0.25, 0.3) is 0 Å². The summed E-state index contributed by atoms with van der Waals surface area (Å²) in [6, 6.07) is 1.86. The molecule has 0 bridgehead atoms. The molecule has 0 aliphatic rings. The molecule has 0 radical (unpaired) electrons. The van der Waals surface area contributed by atoms with Gasteiger partial charge in [-0.1, -0.05) is 0 Å². The van der Waals surface area contributed by atoms with E-state index in [4.69, 9.17) is 10.8 Å². The molecule has 1 rings (SSSR count). The number of hydrogen-bond donors (Lipinski definition) is 2. The fraction of sp³-hybridized carbons (Fsp3) is 0.222. The molecule has 1 unspecified atom stereocenters. The van der Waals surface area contributed by atoms with Gasteiger partial charge in [-0.05, 0) is 17.7 Å². The summed E-state index contributed by atoms with van der Waals surface area (Å²) in [5, 5.41) is 8.42. The van der Waals surface area contributed by atoms with E-state index in [1.807, 2.05) is 0 Å². The molecule has 0 fully saturated rings. The largest absolute Gasteiger partial charge is 0.481 e. The first kappa shape index (κ1) is 13.8. The van der Waals surface area contributed by atoms with Crippen molar-refractivity contribution in [3.05, 3.63) is 35.4 Å². The second kappa shape index (κ2) is 5.63. The van der Waals surface area contributed by atoms with Gasteiger partial charge >= 0.3 is 5.97 Å². The second-order valence-electron chi connectivity index (χ2n) is 2.91. The molecule has 0 aliphatic heterocycles. The van der Waals surface area contributed by atoms with E-state index in [2.05, 4.69) is 0 Å². The Morgan fingerprint density at radius 2 is 1.80 bits per heavy atom. The third-order valence-electron chi connectivity index (χ3n) is 1.71. The molecule has 0 saturated carbocycles. The van der Waals surface area contributed by atoms with Crippen molar-refractivity contribution in [3.63, 3.8) is 0 Å². The van der Waals surface area contributed by atoms with Crippen LogP contribution in [0.4, 0.5) is 8.78 Å². The molecule has 84 valence electrons. The molecule has 6 heteroatoms. The molecule has 0 aromatic heterocycles. The van der Waals surface area contributed by atoms with E-state index in [0.717, 1.165) is 12.1 Å². The number of aliphatic carboxylic acids is 1. The number of benzene rings is 1. The average molecular weight is 238 g/mol. The van der Waals surface area contributed by atoms with Gasteiger partial charge in [0, 0.05) is 12.1 Å². The highest BCUT2D eigenvalue weighted by Gasteiger charge is 2.12. The van der Waals surface area contributed by atoms with E-state index in [0.29, 0.717) is 6.07 Å². The summed E-state index contributed by atoms with van der Waals surface area (Å²) in [5.41, 5.74) is 5.56. The van der Waals surface area contributed by atoms with E-state index < -0.39 is 23.6 Å². The summed E-state index contributed by atoms with van der Waals surface area (Å²) < 4.78 is 25.4. The van der Waals surface area contributed by atoms with Crippen LogP contribution in [0.1, 0.15) is 18.0 Å². The third-order valence-corrected chi connectivity index (χ3v) is 1.71. The van der Waals surface area contributed by atoms with Crippen molar-refractivity contribution in [1.82, 2.24) is 0 Å². The van der Waals surface area contributed by atoms with Crippen molar-refractivity contribution in [2.75, 3.05) is 0 Å². The predicted octanol–water partition coefficient (Wildman–Crippen LogP) is 1.86. The summed E-state index contributed by atoms with van der Waals surface area (Å²) in [6.07, 6.45) is -0.358. The van der Waals surface area contributed by atoms with Crippen molar-refractivity contribution >= 4 is 18.4 Å². The predicted molar refractivity (Wildman–Crippen MR) is 52.8 cm³/mol. The molecular weight excluding hydrogens is 228 g/mol.